The normalized spacial score (nSPS) is 19.9. The molecule has 0 bridgehead atoms. The molecule has 16 nitrogen and oxygen atoms in total. The first-order valence-corrected chi connectivity index (χ1v) is 16.7. The summed E-state index contributed by atoms with van der Waals surface area (Å²) in [7, 11) is 0. The minimum Gasteiger partial charge on any atom is -0.325 e. The van der Waals surface area contributed by atoms with Crippen molar-refractivity contribution in [2.75, 3.05) is 10.6 Å². The van der Waals surface area contributed by atoms with E-state index in [0.717, 1.165) is 16.2 Å². The second kappa shape index (κ2) is 14.4. The molecule has 16 heteroatoms. The zero-order valence-corrected chi connectivity index (χ0v) is 27.4. The van der Waals surface area contributed by atoms with Gasteiger partial charge in [0.05, 0.1) is 33.6 Å². The van der Waals surface area contributed by atoms with Crippen LogP contribution in [0.4, 0.5) is 11.4 Å². The Bertz CT molecular complexity index is 1790. The van der Waals surface area contributed by atoms with Crippen molar-refractivity contribution in [1.82, 2.24) is 20.4 Å². The minimum absolute atomic E-state index is 0.00175. The summed E-state index contributed by atoms with van der Waals surface area (Å²) < 4.78 is 0. The number of carbonyl (C=O) groups excluding carboxylic acids is 10. The molecule has 4 heterocycles. The zero-order valence-electron chi connectivity index (χ0n) is 27.4. The largest absolute Gasteiger partial charge is 0.325 e. The number of carbonyl (C=O) groups is 10. The van der Waals surface area contributed by atoms with Crippen molar-refractivity contribution in [1.29, 1.82) is 0 Å². The second-order valence-electron chi connectivity index (χ2n) is 12.7. The van der Waals surface area contributed by atoms with Crippen LogP contribution in [0.5, 0.6) is 0 Å². The molecular formula is C35H34N6O10. The number of nitrogens with zero attached hydrogens (tertiary/aromatic N) is 2. The van der Waals surface area contributed by atoms with Crippen LogP contribution in [0, 0.1) is 0 Å². The molecule has 4 N–H and O–H groups in total. The molecule has 264 valence electrons. The van der Waals surface area contributed by atoms with Gasteiger partial charge in [0.1, 0.15) is 12.1 Å². The van der Waals surface area contributed by atoms with Crippen LogP contribution >= 0.6 is 0 Å². The van der Waals surface area contributed by atoms with Crippen LogP contribution in [0.3, 0.4) is 0 Å². The Morgan fingerprint density at radius 3 is 1.35 bits per heavy atom. The van der Waals surface area contributed by atoms with Crippen LogP contribution in [0.15, 0.2) is 36.4 Å². The molecule has 10 amide bonds. The number of piperidine rings is 2. The van der Waals surface area contributed by atoms with E-state index in [1.165, 1.54) is 36.4 Å². The third kappa shape index (κ3) is 6.89. The summed E-state index contributed by atoms with van der Waals surface area (Å²) in [5.74, 6) is -5.86. The third-order valence-electron chi connectivity index (χ3n) is 9.29. The number of anilines is 2. The van der Waals surface area contributed by atoms with Gasteiger partial charge in [0.15, 0.2) is 0 Å². The number of hydrogen-bond acceptors (Lipinski definition) is 10. The monoisotopic (exact) mass is 698 g/mol. The van der Waals surface area contributed by atoms with Gasteiger partial charge in [-0.25, -0.2) is 0 Å². The van der Waals surface area contributed by atoms with Crippen molar-refractivity contribution in [3.63, 3.8) is 0 Å². The number of benzene rings is 2. The number of amides is 10. The van der Waals surface area contributed by atoms with Crippen LogP contribution in [0.1, 0.15) is 112 Å². The van der Waals surface area contributed by atoms with Gasteiger partial charge in [-0.3, -0.25) is 68.4 Å². The van der Waals surface area contributed by atoms with Gasteiger partial charge >= 0.3 is 0 Å². The van der Waals surface area contributed by atoms with Crippen molar-refractivity contribution in [3.05, 3.63) is 58.7 Å². The molecule has 2 unspecified atom stereocenters. The van der Waals surface area contributed by atoms with E-state index < -0.39 is 59.3 Å². The molecule has 2 atom stereocenters. The number of rotatable bonds is 12. The number of fused-ring (bicyclic) bond motifs is 2. The van der Waals surface area contributed by atoms with Gasteiger partial charge in [0.2, 0.25) is 35.4 Å². The highest BCUT2D eigenvalue weighted by Crippen LogP contribution is 2.34. The zero-order chi connectivity index (χ0) is 36.4. The fourth-order valence-corrected chi connectivity index (χ4v) is 6.77. The molecule has 0 spiro atoms. The average molecular weight is 699 g/mol. The number of hydrogen-bond donors (Lipinski definition) is 4. The van der Waals surface area contributed by atoms with Crippen LogP contribution in [0.2, 0.25) is 0 Å². The SMILES string of the molecule is O=C1CCC(N2C(=O)c3cccc(NC(=O)CCCCCCCC(=O)Nc4cccc5c4C(=O)N(C4CCC(=O)NC4=O)C5=O)c3C2=O)C(=O)N1. The first-order chi connectivity index (χ1) is 24.5. The van der Waals surface area contributed by atoms with E-state index in [2.05, 4.69) is 21.3 Å². The lowest BCUT2D eigenvalue weighted by atomic mass is 10.0. The Hall–Kier alpha value is -6.06. The maximum Gasteiger partial charge on any atom is 0.264 e. The van der Waals surface area contributed by atoms with E-state index in [0.29, 0.717) is 25.7 Å². The van der Waals surface area contributed by atoms with E-state index in [4.69, 9.17) is 0 Å². The summed E-state index contributed by atoms with van der Waals surface area (Å²) in [4.78, 5) is 127. The van der Waals surface area contributed by atoms with E-state index in [9.17, 15) is 47.9 Å². The Labute approximate surface area is 290 Å². The summed E-state index contributed by atoms with van der Waals surface area (Å²) in [6, 6.07) is 6.74. The van der Waals surface area contributed by atoms with Gasteiger partial charge in [-0.15, -0.1) is 0 Å². The standard InChI is InChI=1S/C35H34N6O10/c42-24(36-20-10-6-8-18-28(20)34(50)40(32(18)48)22-14-16-26(44)38-30(22)46)12-4-2-1-3-5-13-25(43)37-21-11-7-9-19-29(21)35(51)41(33(19)49)23-15-17-27(45)39-31(23)47/h6-11,22-23H,1-5,12-17H2,(H,36,42)(H,37,43)(H,38,44,46)(H,39,45,47). The van der Waals surface area contributed by atoms with Gasteiger partial charge in [0, 0.05) is 25.7 Å². The van der Waals surface area contributed by atoms with Crippen molar-refractivity contribution in [2.24, 2.45) is 0 Å². The molecular weight excluding hydrogens is 664 g/mol. The quantitative estimate of drug-likeness (QED) is 0.186. The number of imide groups is 4. The van der Waals surface area contributed by atoms with Crippen LogP contribution in [-0.2, 0) is 28.8 Å². The molecule has 2 aromatic rings. The fourth-order valence-electron chi connectivity index (χ4n) is 6.77. The van der Waals surface area contributed by atoms with Gasteiger partial charge in [-0.2, -0.15) is 0 Å². The van der Waals surface area contributed by atoms with E-state index in [-0.39, 0.29) is 84.0 Å². The Balaban J connectivity index is 0.930. The highest BCUT2D eigenvalue weighted by Gasteiger charge is 2.47. The molecule has 4 aliphatic rings. The van der Waals surface area contributed by atoms with Gasteiger partial charge < -0.3 is 10.6 Å². The smallest absolute Gasteiger partial charge is 0.264 e. The second-order valence-corrected chi connectivity index (χ2v) is 12.7. The van der Waals surface area contributed by atoms with Crippen LogP contribution < -0.4 is 21.3 Å². The predicted molar refractivity (Wildman–Crippen MR) is 176 cm³/mol. The molecule has 6 rings (SSSR count). The average Bonchev–Trinajstić information content (AvgIpc) is 3.49. The third-order valence-corrected chi connectivity index (χ3v) is 9.29. The summed E-state index contributed by atoms with van der Waals surface area (Å²) >= 11 is 0. The lowest BCUT2D eigenvalue weighted by Gasteiger charge is -2.27. The highest BCUT2D eigenvalue weighted by atomic mass is 16.2. The van der Waals surface area contributed by atoms with Crippen LogP contribution in [0.25, 0.3) is 0 Å². The molecule has 0 saturated carbocycles. The van der Waals surface area contributed by atoms with Gasteiger partial charge in [0.25, 0.3) is 23.6 Å². The van der Waals surface area contributed by atoms with Crippen molar-refractivity contribution in [3.8, 4) is 0 Å². The predicted octanol–water partition coefficient (Wildman–Crippen LogP) is 1.80. The first kappa shape index (κ1) is 34.8. The molecule has 0 radical (unpaired) electrons. The Morgan fingerprint density at radius 2 is 0.961 bits per heavy atom. The van der Waals surface area contributed by atoms with E-state index in [1.54, 1.807) is 0 Å². The molecule has 51 heavy (non-hydrogen) atoms. The van der Waals surface area contributed by atoms with E-state index in [1.807, 2.05) is 0 Å². The van der Waals surface area contributed by atoms with Crippen molar-refractivity contribution in [2.45, 2.75) is 82.7 Å². The van der Waals surface area contributed by atoms with Gasteiger partial charge in [-0.1, -0.05) is 31.4 Å². The summed E-state index contributed by atoms with van der Waals surface area (Å²) in [5, 5.41) is 9.69. The summed E-state index contributed by atoms with van der Waals surface area (Å²) in [6.07, 6.45) is 3.46. The number of unbranched alkanes of at least 4 members (excludes halogenated alkanes) is 4. The Kier molecular flexibility index (Phi) is 9.84. The Morgan fingerprint density at radius 1 is 0.569 bits per heavy atom. The van der Waals surface area contributed by atoms with E-state index >= 15 is 0 Å². The molecule has 2 aromatic carbocycles. The van der Waals surface area contributed by atoms with Crippen LogP contribution in [-0.4, -0.2) is 81.0 Å². The lowest BCUT2D eigenvalue weighted by Crippen LogP contribution is -2.54. The molecule has 4 aliphatic heterocycles. The maximum atomic E-state index is 13.2. The molecule has 0 aromatic heterocycles. The van der Waals surface area contributed by atoms with Gasteiger partial charge in [-0.05, 0) is 49.9 Å². The maximum absolute atomic E-state index is 13.2. The molecule has 2 fully saturated rings. The number of nitrogens with one attached hydrogen (secondary N) is 4. The summed E-state index contributed by atoms with van der Waals surface area (Å²) in [5.41, 5.74) is 0.463. The van der Waals surface area contributed by atoms with Crippen molar-refractivity contribution >= 4 is 70.4 Å². The topological polar surface area (TPSA) is 225 Å². The minimum atomic E-state index is -1.11. The highest BCUT2D eigenvalue weighted by molar-refractivity contribution is 6.27. The fraction of sp³-hybridized carbons (Fsp3) is 0.371. The first-order valence-electron chi connectivity index (χ1n) is 16.7. The summed E-state index contributed by atoms with van der Waals surface area (Å²) in [6.45, 7) is 0. The lowest BCUT2D eigenvalue weighted by molar-refractivity contribution is -0.137. The molecule has 0 aliphatic carbocycles. The molecule has 2 saturated heterocycles. The van der Waals surface area contributed by atoms with Crippen molar-refractivity contribution < 1.29 is 47.9 Å².